The van der Waals surface area contributed by atoms with Gasteiger partial charge in [-0.25, -0.2) is 4.90 Å². The van der Waals surface area contributed by atoms with E-state index in [0.29, 0.717) is 43.4 Å². The highest BCUT2D eigenvalue weighted by Gasteiger charge is 2.59. The number of halogens is 1. The zero-order valence-electron chi connectivity index (χ0n) is 20.4. The minimum absolute atomic E-state index is 0.0916. The Morgan fingerprint density at radius 3 is 2.30 bits per heavy atom. The molecule has 2 bridgehead atoms. The number of fused-ring (bicyclic) bond motifs is 5. The van der Waals surface area contributed by atoms with E-state index in [2.05, 4.69) is 4.90 Å². The SMILES string of the molecule is COc1ccc(Cl)cc1CN1CCN(c2ccc(N3C(=O)[C@@H]4[C@H](C3=O)[C@H]3C=C[C@H]4C3)cc2[N+](=O)[O-])CC1. The fraction of sp³-hybridized carbons (Fsp3) is 0.407. The number of imide groups is 1. The lowest BCUT2D eigenvalue weighted by Gasteiger charge is -2.36. The van der Waals surface area contributed by atoms with E-state index >= 15 is 0 Å². The largest absolute Gasteiger partial charge is 0.496 e. The molecule has 2 saturated heterocycles. The van der Waals surface area contributed by atoms with Crippen molar-refractivity contribution in [2.45, 2.75) is 13.0 Å². The number of rotatable bonds is 6. The molecule has 4 aliphatic rings. The summed E-state index contributed by atoms with van der Waals surface area (Å²) in [6, 6.07) is 10.3. The number of anilines is 2. The standard InChI is InChI=1S/C27H27ClN4O5/c1-37-23-7-4-19(28)13-18(23)15-29-8-10-30(11-9-29)21-6-5-20(14-22(21)32(35)36)31-26(33)24-16-2-3-17(12-16)25(24)27(31)34/h2-7,13-14,16-17,24-25H,8-12,15H2,1H3/t16-,17-,24-,25+/m0/s1. The van der Waals surface area contributed by atoms with E-state index in [0.717, 1.165) is 17.7 Å². The fourth-order valence-corrected chi connectivity index (χ4v) is 6.67. The van der Waals surface area contributed by atoms with Crippen LogP contribution in [-0.2, 0) is 16.1 Å². The van der Waals surface area contributed by atoms with E-state index in [1.807, 2.05) is 29.2 Å². The van der Waals surface area contributed by atoms with E-state index in [4.69, 9.17) is 16.3 Å². The van der Waals surface area contributed by atoms with Crippen molar-refractivity contribution in [1.82, 2.24) is 4.90 Å². The van der Waals surface area contributed by atoms with Crippen LogP contribution in [-0.4, -0.2) is 54.9 Å². The van der Waals surface area contributed by atoms with Crippen LogP contribution in [0.4, 0.5) is 17.1 Å². The molecule has 2 amide bonds. The number of hydrogen-bond donors (Lipinski definition) is 0. The van der Waals surface area contributed by atoms with Gasteiger partial charge in [0.1, 0.15) is 11.4 Å². The summed E-state index contributed by atoms with van der Waals surface area (Å²) < 4.78 is 5.46. The lowest BCUT2D eigenvalue weighted by molar-refractivity contribution is -0.384. The molecule has 192 valence electrons. The second-order valence-corrected chi connectivity index (χ2v) is 10.6. The van der Waals surface area contributed by atoms with Crippen LogP contribution in [0.25, 0.3) is 0 Å². The van der Waals surface area contributed by atoms with Crippen LogP contribution in [0.3, 0.4) is 0 Å². The average molecular weight is 523 g/mol. The number of benzene rings is 2. The van der Waals surface area contributed by atoms with Gasteiger partial charge in [-0.1, -0.05) is 23.8 Å². The van der Waals surface area contributed by atoms with Crippen molar-refractivity contribution in [3.63, 3.8) is 0 Å². The van der Waals surface area contributed by atoms with Crippen molar-refractivity contribution in [3.8, 4) is 5.75 Å². The Hall–Kier alpha value is -3.43. The molecule has 9 nitrogen and oxygen atoms in total. The van der Waals surface area contributed by atoms with Gasteiger partial charge < -0.3 is 9.64 Å². The maximum Gasteiger partial charge on any atom is 0.294 e. The highest BCUT2D eigenvalue weighted by molar-refractivity contribution is 6.30. The third-order valence-electron chi connectivity index (χ3n) is 8.23. The van der Waals surface area contributed by atoms with Gasteiger partial charge in [0, 0.05) is 49.4 Å². The fourth-order valence-electron chi connectivity index (χ4n) is 6.48. The summed E-state index contributed by atoms with van der Waals surface area (Å²) in [5, 5.41) is 12.7. The predicted octanol–water partition coefficient (Wildman–Crippen LogP) is 3.89. The summed E-state index contributed by atoms with van der Waals surface area (Å²) >= 11 is 6.17. The summed E-state index contributed by atoms with van der Waals surface area (Å²) in [7, 11) is 1.63. The first-order valence-corrected chi connectivity index (χ1v) is 12.9. The molecule has 0 aromatic heterocycles. The number of nitrogens with zero attached hydrogens (tertiary/aromatic N) is 4. The number of amides is 2. The molecule has 0 spiro atoms. The number of piperazine rings is 1. The van der Waals surface area contributed by atoms with E-state index in [1.54, 1.807) is 25.3 Å². The minimum Gasteiger partial charge on any atom is -0.496 e. The predicted molar refractivity (Wildman–Crippen MR) is 139 cm³/mol. The number of nitro groups is 1. The summed E-state index contributed by atoms with van der Waals surface area (Å²) in [4.78, 5) is 43.4. The van der Waals surface area contributed by atoms with E-state index in [-0.39, 0.29) is 46.9 Å². The first-order chi connectivity index (χ1) is 17.9. The summed E-state index contributed by atoms with van der Waals surface area (Å²) in [5.74, 6) is -0.197. The van der Waals surface area contributed by atoms with Crippen molar-refractivity contribution in [2.75, 3.05) is 43.1 Å². The normalized spacial score (nSPS) is 26.8. The molecular formula is C27H27ClN4O5. The number of hydrogen-bond acceptors (Lipinski definition) is 7. The van der Waals surface area contributed by atoms with Crippen molar-refractivity contribution in [2.24, 2.45) is 23.7 Å². The smallest absolute Gasteiger partial charge is 0.294 e. The molecule has 37 heavy (non-hydrogen) atoms. The molecule has 0 unspecified atom stereocenters. The molecule has 2 aliphatic heterocycles. The van der Waals surface area contributed by atoms with E-state index in [1.165, 1.54) is 11.0 Å². The third kappa shape index (κ3) is 3.97. The molecule has 10 heteroatoms. The van der Waals surface area contributed by atoms with Gasteiger partial charge in [-0.3, -0.25) is 24.6 Å². The number of ether oxygens (including phenoxy) is 1. The zero-order chi connectivity index (χ0) is 25.8. The first kappa shape index (κ1) is 23.9. The number of allylic oxidation sites excluding steroid dienone is 2. The van der Waals surface area contributed by atoms with Gasteiger partial charge in [-0.2, -0.15) is 0 Å². The molecule has 2 aliphatic carbocycles. The molecule has 0 N–H and O–H groups in total. The van der Waals surface area contributed by atoms with Crippen LogP contribution in [0.1, 0.15) is 12.0 Å². The number of methoxy groups -OCH3 is 1. The van der Waals surface area contributed by atoms with Gasteiger partial charge in [0.25, 0.3) is 5.69 Å². The Balaban J connectivity index is 1.19. The van der Waals surface area contributed by atoms with Crippen molar-refractivity contribution in [3.05, 3.63) is 69.3 Å². The summed E-state index contributed by atoms with van der Waals surface area (Å²) in [6.07, 6.45) is 4.91. The Morgan fingerprint density at radius 2 is 1.68 bits per heavy atom. The highest BCUT2D eigenvalue weighted by atomic mass is 35.5. The van der Waals surface area contributed by atoms with Crippen LogP contribution in [0.2, 0.25) is 5.02 Å². The molecule has 1 saturated carbocycles. The van der Waals surface area contributed by atoms with Gasteiger partial charge in [0.2, 0.25) is 11.8 Å². The van der Waals surface area contributed by atoms with Crippen LogP contribution >= 0.6 is 11.6 Å². The number of carbonyl (C=O) groups excluding carboxylic acids is 2. The lowest BCUT2D eigenvalue weighted by atomic mass is 9.85. The first-order valence-electron chi connectivity index (χ1n) is 12.5. The molecule has 0 radical (unpaired) electrons. The van der Waals surface area contributed by atoms with Crippen molar-refractivity contribution < 1.29 is 19.2 Å². The van der Waals surface area contributed by atoms with Gasteiger partial charge >= 0.3 is 0 Å². The molecule has 3 fully saturated rings. The maximum atomic E-state index is 13.2. The average Bonchev–Trinajstić information content (AvgIpc) is 3.58. The lowest BCUT2D eigenvalue weighted by Crippen LogP contribution is -2.46. The van der Waals surface area contributed by atoms with Crippen LogP contribution in [0.15, 0.2) is 48.6 Å². The quantitative estimate of drug-likeness (QED) is 0.246. The zero-order valence-corrected chi connectivity index (χ0v) is 21.1. The second kappa shape index (κ2) is 9.15. The van der Waals surface area contributed by atoms with Gasteiger partial charge in [-0.15, -0.1) is 0 Å². The maximum absolute atomic E-state index is 13.2. The molecule has 2 aromatic rings. The van der Waals surface area contributed by atoms with Crippen molar-refractivity contribution >= 4 is 40.5 Å². The number of nitro benzene ring substituents is 1. The van der Waals surface area contributed by atoms with Crippen molar-refractivity contribution in [1.29, 1.82) is 0 Å². The monoisotopic (exact) mass is 522 g/mol. The molecule has 6 rings (SSSR count). The molecule has 4 atom stereocenters. The van der Waals surface area contributed by atoms with Crippen LogP contribution in [0.5, 0.6) is 5.75 Å². The Bertz CT molecular complexity index is 1290. The third-order valence-corrected chi connectivity index (χ3v) is 8.47. The molecular weight excluding hydrogens is 496 g/mol. The summed E-state index contributed by atoms with van der Waals surface area (Å²) in [5.41, 5.74) is 1.68. The summed E-state index contributed by atoms with van der Waals surface area (Å²) in [6.45, 7) is 3.28. The van der Waals surface area contributed by atoms with E-state index < -0.39 is 4.92 Å². The Kier molecular flexibility index (Phi) is 5.92. The van der Waals surface area contributed by atoms with Crippen LogP contribution < -0.4 is 14.5 Å². The Labute approximate surface area is 219 Å². The highest BCUT2D eigenvalue weighted by Crippen LogP contribution is 2.53. The Morgan fingerprint density at radius 1 is 1.00 bits per heavy atom. The second-order valence-electron chi connectivity index (χ2n) is 10.2. The van der Waals surface area contributed by atoms with Gasteiger partial charge in [0.05, 0.1) is 29.6 Å². The van der Waals surface area contributed by atoms with E-state index in [9.17, 15) is 19.7 Å². The van der Waals surface area contributed by atoms with Gasteiger partial charge in [0.15, 0.2) is 0 Å². The van der Waals surface area contributed by atoms with Crippen LogP contribution in [0, 0.1) is 33.8 Å². The number of carbonyl (C=O) groups is 2. The molecule has 2 aromatic carbocycles. The minimum atomic E-state index is -0.431. The van der Waals surface area contributed by atoms with Gasteiger partial charge in [-0.05, 0) is 48.6 Å². The topological polar surface area (TPSA) is 96.2 Å². The molecule has 2 heterocycles.